The third-order valence-electron chi connectivity index (χ3n) is 3.14. The monoisotopic (exact) mass is 328 g/mol. The second-order valence-corrected chi connectivity index (χ2v) is 5.41. The molecule has 19 heavy (non-hydrogen) atoms. The van der Waals surface area contributed by atoms with Gasteiger partial charge in [-0.25, -0.2) is 9.78 Å². The smallest absolute Gasteiger partial charge is 0.339 e. The van der Waals surface area contributed by atoms with Gasteiger partial charge in [0.2, 0.25) is 0 Å². The van der Waals surface area contributed by atoms with Crippen molar-refractivity contribution in [2.24, 2.45) is 0 Å². The highest BCUT2D eigenvalue weighted by Gasteiger charge is 2.24. The molecule has 1 aliphatic rings. The second kappa shape index (κ2) is 6.34. The Morgan fingerprint density at radius 1 is 1.68 bits per heavy atom. The molecule has 6 heteroatoms. The Hall–Kier alpha value is -1.14. The molecule has 1 N–H and O–H groups in total. The van der Waals surface area contributed by atoms with Crippen molar-refractivity contribution in [2.75, 3.05) is 24.6 Å². The molecule has 0 amide bonds. The molecule has 1 fully saturated rings. The van der Waals surface area contributed by atoms with Crippen molar-refractivity contribution in [1.82, 2.24) is 4.98 Å². The molecule has 2 rings (SSSR count). The Labute approximate surface area is 120 Å². The highest BCUT2D eigenvalue weighted by molar-refractivity contribution is 9.10. The Kier molecular flexibility index (Phi) is 4.76. The van der Waals surface area contributed by atoms with E-state index in [9.17, 15) is 9.90 Å². The molecule has 1 aliphatic heterocycles. The van der Waals surface area contributed by atoms with E-state index in [2.05, 4.69) is 20.9 Å². The number of piperidine rings is 1. The van der Waals surface area contributed by atoms with Crippen molar-refractivity contribution in [3.8, 4) is 0 Å². The van der Waals surface area contributed by atoms with Gasteiger partial charge in [0.05, 0.1) is 6.10 Å². The number of anilines is 1. The SMILES string of the molecule is CCOC1CCCN(c2ncc(Br)cc2C(=O)O)C1. The molecule has 0 bridgehead atoms. The first-order valence-electron chi connectivity index (χ1n) is 6.37. The van der Waals surface area contributed by atoms with Crippen LogP contribution in [0.25, 0.3) is 0 Å². The molecule has 2 heterocycles. The number of aromatic nitrogens is 1. The number of hydrogen-bond donors (Lipinski definition) is 1. The fourth-order valence-electron chi connectivity index (χ4n) is 2.34. The van der Waals surface area contributed by atoms with E-state index >= 15 is 0 Å². The molecule has 0 radical (unpaired) electrons. The normalized spacial score (nSPS) is 19.5. The summed E-state index contributed by atoms with van der Waals surface area (Å²) in [7, 11) is 0. The molecule has 0 saturated carbocycles. The molecule has 0 aromatic carbocycles. The van der Waals surface area contributed by atoms with Gasteiger partial charge in [0.25, 0.3) is 0 Å². The van der Waals surface area contributed by atoms with Gasteiger partial charge in [-0.2, -0.15) is 0 Å². The predicted molar refractivity (Wildman–Crippen MR) is 75.8 cm³/mol. The van der Waals surface area contributed by atoms with E-state index < -0.39 is 5.97 Å². The van der Waals surface area contributed by atoms with Gasteiger partial charge in [0, 0.05) is 30.4 Å². The average molecular weight is 329 g/mol. The summed E-state index contributed by atoms with van der Waals surface area (Å²) in [6.07, 6.45) is 3.79. The number of carbonyl (C=O) groups is 1. The molecule has 0 spiro atoms. The Balaban J connectivity index is 2.23. The van der Waals surface area contributed by atoms with Gasteiger partial charge in [-0.15, -0.1) is 0 Å². The van der Waals surface area contributed by atoms with Gasteiger partial charge in [-0.1, -0.05) is 0 Å². The van der Waals surface area contributed by atoms with Crippen LogP contribution in [-0.4, -0.2) is 41.9 Å². The van der Waals surface area contributed by atoms with E-state index in [4.69, 9.17) is 4.74 Å². The fourth-order valence-corrected chi connectivity index (χ4v) is 2.68. The maximum absolute atomic E-state index is 11.3. The molecule has 1 atom stereocenters. The number of pyridine rings is 1. The number of halogens is 1. The molecule has 1 unspecified atom stereocenters. The third-order valence-corrected chi connectivity index (χ3v) is 3.58. The summed E-state index contributed by atoms with van der Waals surface area (Å²) in [4.78, 5) is 17.6. The van der Waals surface area contributed by atoms with Crippen molar-refractivity contribution < 1.29 is 14.6 Å². The van der Waals surface area contributed by atoms with Gasteiger partial charge in [-0.3, -0.25) is 0 Å². The summed E-state index contributed by atoms with van der Waals surface area (Å²) in [5.74, 6) is -0.428. The lowest BCUT2D eigenvalue weighted by molar-refractivity contribution is 0.0522. The second-order valence-electron chi connectivity index (χ2n) is 4.50. The molecule has 1 aromatic rings. The number of aromatic carboxylic acids is 1. The minimum absolute atomic E-state index is 0.158. The van der Waals surface area contributed by atoms with E-state index in [0.29, 0.717) is 23.4 Å². The number of rotatable bonds is 4. The first-order valence-corrected chi connectivity index (χ1v) is 7.16. The summed E-state index contributed by atoms with van der Waals surface area (Å²) >= 11 is 3.26. The molecular weight excluding hydrogens is 312 g/mol. The van der Waals surface area contributed by atoms with Crippen molar-refractivity contribution in [3.63, 3.8) is 0 Å². The van der Waals surface area contributed by atoms with Crippen molar-refractivity contribution >= 4 is 27.7 Å². The minimum Gasteiger partial charge on any atom is -0.478 e. The molecule has 104 valence electrons. The summed E-state index contributed by atoms with van der Waals surface area (Å²) in [6.45, 7) is 4.17. The van der Waals surface area contributed by atoms with Crippen molar-refractivity contribution in [2.45, 2.75) is 25.9 Å². The van der Waals surface area contributed by atoms with Crippen LogP contribution < -0.4 is 4.90 Å². The summed E-state index contributed by atoms with van der Waals surface area (Å²) in [6, 6.07) is 1.59. The summed E-state index contributed by atoms with van der Waals surface area (Å²) in [5.41, 5.74) is 0.228. The van der Waals surface area contributed by atoms with Crippen LogP contribution in [-0.2, 0) is 4.74 Å². The lowest BCUT2D eigenvalue weighted by atomic mass is 10.1. The number of ether oxygens (including phenoxy) is 1. The van der Waals surface area contributed by atoms with Gasteiger partial charge in [-0.05, 0) is 41.8 Å². The van der Waals surface area contributed by atoms with Gasteiger partial charge >= 0.3 is 5.97 Å². The van der Waals surface area contributed by atoms with Crippen LogP contribution in [0.5, 0.6) is 0 Å². The van der Waals surface area contributed by atoms with Gasteiger partial charge in [0.15, 0.2) is 0 Å². The highest BCUT2D eigenvalue weighted by atomic mass is 79.9. The van der Waals surface area contributed by atoms with E-state index in [0.717, 1.165) is 19.4 Å². The summed E-state index contributed by atoms with van der Waals surface area (Å²) in [5, 5.41) is 9.27. The molecule has 1 aromatic heterocycles. The van der Waals surface area contributed by atoms with Crippen molar-refractivity contribution in [3.05, 3.63) is 22.3 Å². The van der Waals surface area contributed by atoms with Crippen LogP contribution in [0.2, 0.25) is 0 Å². The fraction of sp³-hybridized carbons (Fsp3) is 0.538. The Morgan fingerprint density at radius 2 is 2.47 bits per heavy atom. The van der Waals surface area contributed by atoms with Crippen LogP contribution in [0.15, 0.2) is 16.7 Å². The number of carboxylic acids is 1. The maximum atomic E-state index is 11.3. The zero-order chi connectivity index (χ0) is 13.8. The zero-order valence-corrected chi connectivity index (χ0v) is 12.4. The Bertz CT molecular complexity index is 465. The Morgan fingerprint density at radius 3 is 3.16 bits per heavy atom. The van der Waals surface area contributed by atoms with Crippen LogP contribution in [0.3, 0.4) is 0 Å². The molecular formula is C13H17BrN2O3. The average Bonchev–Trinajstić information content (AvgIpc) is 2.39. The first kappa shape index (κ1) is 14.3. The highest BCUT2D eigenvalue weighted by Crippen LogP contribution is 2.25. The zero-order valence-electron chi connectivity index (χ0n) is 10.8. The van der Waals surface area contributed by atoms with E-state index in [1.165, 1.54) is 0 Å². The number of nitrogens with zero attached hydrogens (tertiary/aromatic N) is 2. The molecule has 0 aliphatic carbocycles. The third kappa shape index (κ3) is 3.45. The van der Waals surface area contributed by atoms with E-state index in [1.807, 2.05) is 11.8 Å². The topological polar surface area (TPSA) is 62.7 Å². The van der Waals surface area contributed by atoms with Crippen LogP contribution in [0, 0.1) is 0 Å². The predicted octanol–water partition coefficient (Wildman–Crippen LogP) is 2.55. The maximum Gasteiger partial charge on any atom is 0.339 e. The van der Waals surface area contributed by atoms with Crippen molar-refractivity contribution in [1.29, 1.82) is 0 Å². The van der Waals surface area contributed by atoms with Crippen LogP contribution in [0.1, 0.15) is 30.1 Å². The standard InChI is InChI=1S/C13H17BrN2O3/c1-2-19-10-4-3-5-16(8-10)12-11(13(17)18)6-9(14)7-15-12/h6-7,10H,2-5,8H2,1H3,(H,17,18). The lowest BCUT2D eigenvalue weighted by Gasteiger charge is -2.33. The van der Waals surface area contributed by atoms with Crippen LogP contribution in [0.4, 0.5) is 5.82 Å². The first-order chi connectivity index (χ1) is 9.11. The molecule has 5 nitrogen and oxygen atoms in total. The van der Waals surface area contributed by atoms with Gasteiger partial charge < -0.3 is 14.7 Å². The van der Waals surface area contributed by atoms with E-state index in [1.54, 1.807) is 12.3 Å². The number of carboxylic acid groups (broad SMARTS) is 1. The minimum atomic E-state index is -0.956. The number of hydrogen-bond acceptors (Lipinski definition) is 4. The van der Waals surface area contributed by atoms with Gasteiger partial charge in [0.1, 0.15) is 11.4 Å². The molecule has 1 saturated heterocycles. The lowest BCUT2D eigenvalue weighted by Crippen LogP contribution is -2.40. The quantitative estimate of drug-likeness (QED) is 0.920. The van der Waals surface area contributed by atoms with Crippen LogP contribution >= 0.6 is 15.9 Å². The van der Waals surface area contributed by atoms with E-state index in [-0.39, 0.29) is 11.7 Å². The summed E-state index contributed by atoms with van der Waals surface area (Å²) < 4.78 is 6.31. The largest absolute Gasteiger partial charge is 0.478 e.